The molecule has 1 aliphatic rings. The van der Waals surface area contributed by atoms with Crippen molar-refractivity contribution < 1.29 is 22.7 Å². The van der Waals surface area contributed by atoms with Crippen LogP contribution >= 0.6 is 34.8 Å². The number of fused-ring (bicyclic) bond motifs is 1. The van der Waals surface area contributed by atoms with Gasteiger partial charge in [-0.1, -0.05) is 40.9 Å². The summed E-state index contributed by atoms with van der Waals surface area (Å²) >= 11 is 18.6. The fraction of sp³-hybridized carbons (Fsp3) is 0.211. The second-order valence-electron chi connectivity index (χ2n) is 6.67. The van der Waals surface area contributed by atoms with Gasteiger partial charge >= 0.3 is 5.97 Å². The van der Waals surface area contributed by atoms with E-state index in [1.807, 2.05) is 4.90 Å². The lowest BCUT2D eigenvalue weighted by Crippen LogP contribution is -2.48. The fourth-order valence-corrected chi connectivity index (χ4v) is 5.90. The van der Waals surface area contributed by atoms with E-state index in [-0.39, 0.29) is 33.8 Å². The minimum absolute atomic E-state index is 0.00397. The Kier molecular flexibility index (Phi) is 5.63. The Hall–Kier alpha value is -1.97. The van der Waals surface area contributed by atoms with Gasteiger partial charge < -0.3 is 14.4 Å². The van der Waals surface area contributed by atoms with Crippen LogP contribution in [0.3, 0.4) is 0 Å². The van der Waals surface area contributed by atoms with Crippen LogP contribution in [0.15, 0.2) is 45.7 Å². The summed E-state index contributed by atoms with van der Waals surface area (Å²) in [6, 6.07) is 9.27. The number of benzene rings is 2. The molecule has 1 aliphatic heterocycles. The van der Waals surface area contributed by atoms with Crippen molar-refractivity contribution in [2.45, 2.75) is 4.90 Å². The molecule has 0 aliphatic carbocycles. The summed E-state index contributed by atoms with van der Waals surface area (Å²) in [7, 11) is -3.79. The van der Waals surface area contributed by atoms with Gasteiger partial charge in [0.05, 0.1) is 20.8 Å². The van der Waals surface area contributed by atoms with E-state index in [0.29, 0.717) is 34.8 Å². The number of aromatic carboxylic acids is 1. The van der Waals surface area contributed by atoms with Crippen LogP contribution in [0.5, 0.6) is 0 Å². The number of sulfonamides is 1. The zero-order valence-corrected chi connectivity index (χ0v) is 18.4. The van der Waals surface area contributed by atoms with Gasteiger partial charge in [-0.15, -0.1) is 0 Å². The van der Waals surface area contributed by atoms with Gasteiger partial charge in [-0.05, 0) is 24.3 Å². The van der Waals surface area contributed by atoms with Gasteiger partial charge in [0.15, 0.2) is 0 Å². The first-order valence-electron chi connectivity index (χ1n) is 8.84. The third kappa shape index (κ3) is 3.63. The summed E-state index contributed by atoms with van der Waals surface area (Å²) < 4.78 is 32.6. The van der Waals surface area contributed by atoms with Crippen LogP contribution in [0.2, 0.25) is 15.1 Å². The quantitative estimate of drug-likeness (QED) is 0.576. The van der Waals surface area contributed by atoms with E-state index in [0.717, 1.165) is 0 Å². The largest absolute Gasteiger partial charge is 0.475 e. The third-order valence-corrected chi connectivity index (χ3v) is 8.21. The molecule has 2 aromatic carbocycles. The van der Waals surface area contributed by atoms with Gasteiger partial charge in [-0.3, -0.25) is 0 Å². The molecule has 0 amide bonds. The average molecular weight is 490 g/mol. The van der Waals surface area contributed by atoms with Gasteiger partial charge in [-0.25, -0.2) is 13.2 Å². The first-order chi connectivity index (χ1) is 14.2. The molecule has 0 atom stereocenters. The zero-order valence-electron chi connectivity index (χ0n) is 15.3. The van der Waals surface area contributed by atoms with Gasteiger partial charge in [0.2, 0.25) is 15.8 Å². The van der Waals surface area contributed by atoms with E-state index in [1.54, 1.807) is 18.2 Å². The summed E-state index contributed by atoms with van der Waals surface area (Å²) in [6.07, 6.45) is 0. The summed E-state index contributed by atoms with van der Waals surface area (Å²) in [6.45, 7) is 1.25. The summed E-state index contributed by atoms with van der Waals surface area (Å²) in [5, 5.41) is 10.1. The predicted octanol–water partition coefficient (Wildman–Crippen LogP) is 4.60. The molecule has 3 aromatic rings. The minimum Gasteiger partial charge on any atom is -0.475 e. The number of rotatable bonds is 4. The highest BCUT2D eigenvalue weighted by atomic mass is 35.5. The maximum absolute atomic E-state index is 13.0. The van der Waals surface area contributed by atoms with Crippen LogP contribution in [-0.4, -0.2) is 50.0 Å². The third-order valence-electron chi connectivity index (χ3n) is 4.94. The van der Waals surface area contributed by atoms with Crippen molar-refractivity contribution in [3.63, 3.8) is 0 Å². The molecule has 1 N–H and O–H groups in total. The van der Waals surface area contributed by atoms with Crippen LogP contribution in [0.1, 0.15) is 10.6 Å². The van der Waals surface area contributed by atoms with Crippen LogP contribution in [0, 0.1) is 0 Å². The van der Waals surface area contributed by atoms with Gasteiger partial charge in [-0.2, -0.15) is 4.31 Å². The number of nitrogens with zero attached hydrogens (tertiary/aromatic N) is 2. The number of piperazine rings is 1. The van der Waals surface area contributed by atoms with Gasteiger partial charge in [0.25, 0.3) is 0 Å². The normalized spacial score (nSPS) is 15.6. The van der Waals surface area contributed by atoms with Crippen molar-refractivity contribution in [1.29, 1.82) is 0 Å². The number of anilines is 1. The molecule has 1 aromatic heterocycles. The summed E-state index contributed by atoms with van der Waals surface area (Å²) in [4.78, 5) is 13.1. The number of hydrogen-bond acceptors (Lipinski definition) is 5. The molecular weight excluding hydrogens is 475 g/mol. The van der Waals surface area contributed by atoms with Gasteiger partial charge in [0, 0.05) is 37.6 Å². The topological polar surface area (TPSA) is 91.1 Å². The first kappa shape index (κ1) is 21.3. The lowest BCUT2D eigenvalue weighted by Gasteiger charge is -2.36. The molecule has 2 heterocycles. The van der Waals surface area contributed by atoms with Crippen molar-refractivity contribution in [3.05, 3.63) is 57.2 Å². The maximum atomic E-state index is 13.0. The van der Waals surface area contributed by atoms with E-state index in [1.165, 1.54) is 22.5 Å². The Morgan fingerprint density at radius 3 is 2.37 bits per heavy atom. The maximum Gasteiger partial charge on any atom is 0.371 e. The molecule has 1 fully saturated rings. The Morgan fingerprint density at radius 2 is 1.70 bits per heavy atom. The lowest BCUT2D eigenvalue weighted by molar-refractivity contribution is 0.0665. The molecule has 0 spiro atoms. The molecule has 11 heteroatoms. The standard InChI is InChI=1S/C19H15Cl3N2O5S/c20-12-2-1-3-16(18(12)22)30(27,28)24-8-6-23(7-9-24)13-4-5-14-11(17(13)21)10-15(29-14)19(25)26/h1-5,10H,6-9H2,(H,25,26). The van der Waals surface area contributed by atoms with Gasteiger partial charge in [0.1, 0.15) is 10.5 Å². The number of carboxylic acids is 1. The van der Waals surface area contributed by atoms with Crippen molar-refractivity contribution >= 4 is 67.5 Å². The molecule has 0 unspecified atom stereocenters. The Morgan fingerprint density at radius 1 is 1.00 bits per heavy atom. The highest BCUT2D eigenvalue weighted by Gasteiger charge is 2.31. The number of hydrogen-bond donors (Lipinski definition) is 1. The first-order valence-corrected chi connectivity index (χ1v) is 11.4. The Bertz CT molecular complexity index is 1250. The molecule has 7 nitrogen and oxygen atoms in total. The molecule has 0 saturated carbocycles. The Labute approximate surface area is 187 Å². The van der Waals surface area contributed by atoms with Crippen molar-refractivity contribution in [2.75, 3.05) is 31.1 Å². The highest BCUT2D eigenvalue weighted by molar-refractivity contribution is 7.89. The zero-order chi connectivity index (χ0) is 21.6. The lowest BCUT2D eigenvalue weighted by atomic mass is 10.2. The SMILES string of the molecule is O=C(O)c1cc2c(Cl)c(N3CCN(S(=O)(=O)c4cccc(Cl)c4Cl)CC3)ccc2o1. The molecule has 0 bridgehead atoms. The highest BCUT2D eigenvalue weighted by Crippen LogP contribution is 2.37. The number of carbonyl (C=O) groups is 1. The van der Waals surface area contributed by atoms with Crippen LogP contribution in [0.4, 0.5) is 5.69 Å². The molecule has 30 heavy (non-hydrogen) atoms. The van der Waals surface area contributed by atoms with E-state index in [2.05, 4.69) is 0 Å². The number of carboxylic acid groups (broad SMARTS) is 1. The monoisotopic (exact) mass is 488 g/mol. The smallest absolute Gasteiger partial charge is 0.371 e. The van der Waals surface area contributed by atoms with Crippen LogP contribution in [0.25, 0.3) is 11.0 Å². The van der Waals surface area contributed by atoms with E-state index in [9.17, 15) is 13.2 Å². The molecule has 0 radical (unpaired) electrons. The van der Waals surface area contributed by atoms with E-state index < -0.39 is 16.0 Å². The molecule has 1 saturated heterocycles. The minimum atomic E-state index is -3.79. The molecular formula is C19H15Cl3N2O5S. The number of halogens is 3. The van der Waals surface area contributed by atoms with Crippen LogP contribution in [-0.2, 0) is 10.0 Å². The second-order valence-corrected chi connectivity index (χ2v) is 9.74. The van der Waals surface area contributed by atoms with E-state index in [4.69, 9.17) is 44.3 Å². The average Bonchev–Trinajstić information content (AvgIpc) is 3.16. The summed E-state index contributed by atoms with van der Waals surface area (Å²) in [5.41, 5.74) is 1.05. The summed E-state index contributed by atoms with van der Waals surface area (Å²) in [5.74, 6) is -1.37. The van der Waals surface area contributed by atoms with Crippen LogP contribution < -0.4 is 4.90 Å². The molecule has 158 valence electrons. The van der Waals surface area contributed by atoms with Crippen molar-refractivity contribution in [2.24, 2.45) is 0 Å². The number of furan rings is 1. The molecule has 4 rings (SSSR count). The van der Waals surface area contributed by atoms with Crippen molar-refractivity contribution in [3.8, 4) is 0 Å². The van der Waals surface area contributed by atoms with Crippen molar-refractivity contribution in [1.82, 2.24) is 4.31 Å². The fourth-order valence-electron chi connectivity index (χ4n) is 3.41. The Balaban J connectivity index is 1.57. The predicted molar refractivity (Wildman–Crippen MR) is 116 cm³/mol. The van der Waals surface area contributed by atoms with E-state index >= 15 is 0 Å². The second kappa shape index (κ2) is 7.94.